The second-order valence-electron chi connectivity index (χ2n) is 9.64. The summed E-state index contributed by atoms with van der Waals surface area (Å²) in [7, 11) is 0. The Morgan fingerprint density at radius 1 is 0.759 bits per heavy atom. The van der Waals surface area contributed by atoms with Crippen LogP contribution < -0.4 is 48.0 Å². The average molecular weight is 696 g/mol. The molecule has 0 spiro atoms. The van der Waals surface area contributed by atoms with Gasteiger partial charge >= 0.3 is 26.2 Å². The van der Waals surface area contributed by atoms with E-state index in [1.807, 2.05) is 0 Å². The summed E-state index contributed by atoms with van der Waals surface area (Å²) in [6.45, 7) is 9.29. The molecule has 2 saturated carbocycles. The maximum absolute atomic E-state index is 2.51. The molecule has 0 radical (unpaired) electrons. The van der Waals surface area contributed by atoms with Crippen LogP contribution >= 0.6 is 0 Å². The van der Waals surface area contributed by atoms with Crippen molar-refractivity contribution >= 4 is 0 Å². The third-order valence-electron chi connectivity index (χ3n) is 6.21. The van der Waals surface area contributed by atoms with Gasteiger partial charge in [-0.2, -0.15) is 0 Å². The monoisotopic (exact) mass is 694 g/mol. The molecule has 4 unspecified atom stereocenters. The van der Waals surface area contributed by atoms with E-state index in [2.05, 4.69) is 77.0 Å². The van der Waals surface area contributed by atoms with Crippen molar-refractivity contribution in [2.45, 2.75) is 66.2 Å². The predicted molar refractivity (Wildman–Crippen MR) is 114 cm³/mol. The minimum absolute atomic E-state index is 0. The molecule has 3 heteroatoms. The maximum atomic E-state index is 2.51. The van der Waals surface area contributed by atoms with E-state index < -0.39 is 0 Å². The molecule has 0 heterocycles. The first-order valence-electron chi connectivity index (χ1n) is 10.9. The Morgan fingerprint density at radius 2 is 1.14 bits per heavy atom. The van der Waals surface area contributed by atoms with Gasteiger partial charge in [-0.15, -0.1) is 24.3 Å². The van der Waals surface area contributed by atoms with E-state index in [4.69, 9.17) is 0 Å². The summed E-state index contributed by atoms with van der Waals surface area (Å²) in [6.07, 6.45) is 26.7. The quantitative estimate of drug-likeness (QED) is 0.310. The summed E-state index contributed by atoms with van der Waals surface area (Å²) >= 11 is 0. The van der Waals surface area contributed by atoms with Gasteiger partial charge in [0.2, 0.25) is 0 Å². The Bertz CT molecular complexity index is 534. The van der Waals surface area contributed by atoms with Crippen molar-refractivity contribution < 1.29 is 74.2 Å². The predicted octanol–water partition coefficient (Wildman–Crippen LogP) is 1.52. The zero-order valence-electron chi connectivity index (χ0n) is 18.6. The summed E-state index contributed by atoms with van der Waals surface area (Å²) < 4.78 is 0. The van der Waals surface area contributed by atoms with E-state index in [-0.39, 0.29) is 74.2 Å². The minimum Gasteiger partial charge on any atom is -1.00 e. The summed E-state index contributed by atoms with van der Waals surface area (Å²) in [4.78, 5) is 0. The Morgan fingerprint density at radius 3 is 1.45 bits per heavy atom. The zero-order valence-corrected chi connectivity index (χ0v) is 25.4. The number of fused-ring (bicyclic) bond motifs is 2. The summed E-state index contributed by atoms with van der Waals surface area (Å²) in [6, 6.07) is 0. The molecular formula is C26H38I2Zr. The summed E-state index contributed by atoms with van der Waals surface area (Å²) in [5.41, 5.74) is 3.21. The first kappa shape index (κ1) is 30.0. The van der Waals surface area contributed by atoms with E-state index in [1.165, 1.54) is 38.5 Å². The van der Waals surface area contributed by atoms with Crippen molar-refractivity contribution in [1.82, 2.24) is 0 Å². The van der Waals surface area contributed by atoms with Gasteiger partial charge in [0.25, 0.3) is 0 Å². The molecule has 2 fully saturated rings. The number of hydrogen-bond acceptors (Lipinski definition) is 0. The molecule has 160 valence electrons. The Hall–Kier alpha value is 1.04. The molecule has 0 aromatic heterocycles. The van der Waals surface area contributed by atoms with Crippen LogP contribution in [0.2, 0.25) is 0 Å². The molecule has 4 aliphatic rings. The normalized spacial score (nSPS) is 28.2. The van der Waals surface area contributed by atoms with E-state index in [1.54, 1.807) is 11.1 Å². The van der Waals surface area contributed by atoms with Gasteiger partial charge in [-0.1, -0.05) is 65.2 Å². The standard InChI is InChI=1S/2C13H19.2HI.Zr/c2*1-10(2)7-11-8-12-5-3-4-6-13(12)9-11;;;/h2*3-5,8,10-11,13H,6-7,9H2,1-2H3;2*1H;/q2*-1;;;+4/p-2. The second kappa shape index (κ2) is 15.0. The van der Waals surface area contributed by atoms with Crippen molar-refractivity contribution in [3.8, 4) is 0 Å². The van der Waals surface area contributed by atoms with E-state index in [0.717, 1.165) is 35.5 Å². The van der Waals surface area contributed by atoms with Crippen LogP contribution in [0.1, 0.15) is 66.2 Å². The molecule has 29 heavy (non-hydrogen) atoms. The van der Waals surface area contributed by atoms with Crippen molar-refractivity contribution in [2.24, 2.45) is 35.5 Å². The number of rotatable bonds is 4. The molecule has 4 aliphatic carbocycles. The summed E-state index contributed by atoms with van der Waals surface area (Å²) in [5, 5.41) is 0. The van der Waals surface area contributed by atoms with Crippen LogP contribution in [-0.4, -0.2) is 0 Å². The van der Waals surface area contributed by atoms with Crippen LogP contribution in [-0.2, 0) is 26.2 Å². The van der Waals surface area contributed by atoms with Crippen LogP contribution in [0.25, 0.3) is 0 Å². The molecule has 0 aromatic rings. The first-order chi connectivity index (χ1) is 12.5. The molecule has 4 rings (SSSR count). The number of halogens is 2. The van der Waals surface area contributed by atoms with Crippen LogP contribution in [0.3, 0.4) is 0 Å². The zero-order chi connectivity index (χ0) is 18.5. The first-order valence-corrected chi connectivity index (χ1v) is 10.9. The Kier molecular flexibility index (Phi) is 15.5. The van der Waals surface area contributed by atoms with Crippen LogP contribution in [0.15, 0.2) is 47.6 Å². The van der Waals surface area contributed by atoms with Crippen molar-refractivity contribution in [3.05, 3.63) is 60.4 Å². The van der Waals surface area contributed by atoms with Crippen molar-refractivity contribution in [2.75, 3.05) is 0 Å². The van der Waals surface area contributed by atoms with E-state index in [0.29, 0.717) is 0 Å². The topological polar surface area (TPSA) is 0 Å². The third kappa shape index (κ3) is 9.60. The van der Waals surface area contributed by atoms with Crippen LogP contribution in [0.5, 0.6) is 0 Å². The minimum atomic E-state index is 0. The van der Waals surface area contributed by atoms with Gasteiger partial charge in [0.05, 0.1) is 0 Å². The molecular weight excluding hydrogens is 657 g/mol. The average Bonchev–Trinajstić information content (AvgIpc) is 3.16. The molecule has 0 saturated heterocycles. The Labute approximate surface area is 234 Å². The number of allylic oxidation sites excluding steroid dienone is 8. The molecule has 0 N–H and O–H groups in total. The van der Waals surface area contributed by atoms with Crippen LogP contribution in [0.4, 0.5) is 0 Å². The van der Waals surface area contributed by atoms with E-state index >= 15 is 0 Å². The summed E-state index contributed by atoms with van der Waals surface area (Å²) in [5.74, 6) is 5.11. The molecule has 0 bridgehead atoms. The fourth-order valence-electron chi connectivity index (χ4n) is 5.19. The van der Waals surface area contributed by atoms with Gasteiger partial charge in [0.15, 0.2) is 0 Å². The molecule has 0 aliphatic heterocycles. The smallest absolute Gasteiger partial charge is 1.00 e. The van der Waals surface area contributed by atoms with Gasteiger partial charge < -0.3 is 48.0 Å². The van der Waals surface area contributed by atoms with Gasteiger partial charge in [-0.25, -0.2) is 36.1 Å². The second-order valence-corrected chi connectivity index (χ2v) is 9.64. The molecule has 0 amide bonds. The molecule has 4 atom stereocenters. The van der Waals surface area contributed by atoms with Gasteiger partial charge in [-0.05, 0) is 36.5 Å². The van der Waals surface area contributed by atoms with Crippen LogP contribution in [0, 0.1) is 48.3 Å². The fraction of sp³-hybridized carbons (Fsp3) is 0.615. The Balaban J connectivity index is 0.000000490. The maximum Gasteiger partial charge on any atom is 4.00 e. The number of hydrogen-bond donors (Lipinski definition) is 0. The molecule has 0 nitrogen and oxygen atoms in total. The SMILES string of the molecule is CC(C)CC1[CH-]C2=CC=CCC2C1.CC(C)CC1[CH-]C2=CC=CCC2C1.[I-].[I-].[Zr+4]. The molecule has 0 aromatic carbocycles. The largest absolute Gasteiger partial charge is 4.00 e. The van der Waals surface area contributed by atoms with E-state index in [9.17, 15) is 0 Å². The van der Waals surface area contributed by atoms with Crippen molar-refractivity contribution in [3.63, 3.8) is 0 Å². The third-order valence-corrected chi connectivity index (χ3v) is 6.21. The van der Waals surface area contributed by atoms with Gasteiger partial charge in [0, 0.05) is 0 Å². The van der Waals surface area contributed by atoms with Gasteiger partial charge in [-0.3, -0.25) is 0 Å². The van der Waals surface area contributed by atoms with Crippen molar-refractivity contribution in [1.29, 1.82) is 0 Å². The fourth-order valence-corrected chi connectivity index (χ4v) is 5.19. The van der Waals surface area contributed by atoms with Gasteiger partial charge in [0.1, 0.15) is 0 Å².